The second-order valence-corrected chi connectivity index (χ2v) is 7.04. The molecule has 0 saturated heterocycles. The zero-order chi connectivity index (χ0) is 22.2. The normalized spacial score (nSPS) is 9.88. The van der Waals surface area contributed by atoms with Gasteiger partial charge in [-0.05, 0) is 72.8 Å². The Morgan fingerprint density at radius 3 is 1.16 bits per heavy atom. The summed E-state index contributed by atoms with van der Waals surface area (Å²) in [4.78, 5) is 24.4. The van der Waals surface area contributed by atoms with Crippen LogP contribution >= 0.6 is 0 Å². The predicted molar refractivity (Wildman–Crippen MR) is 128 cm³/mol. The maximum Gasteiger partial charge on any atom is 0.255 e. The Kier molecular flexibility index (Phi) is 6.40. The van der Waals surface area contributed by atoms with Crippen LogP contribution in [0.5, 0.6) is 0 Å². The number of nitrogens with one attached hydrogen (secondary N) is 2. The Bertz CT molecular complexity index is 1170. The van der Waals surface area contributed by atoms with Gasteiger partial charge < -0.3 is 10.6 Å². The number of carbonyl (C=O) groups excluding carboxylic acids is 2. The van der Waals surface area contributed by atoms with Crippen LogP contribution < -0.4 is 10.6 Å². The summed E-state index contributed by atoms with van der Waals surface area (Å²) in [5.41, 5.74) is 4.32. The Morgan fingerprint density at radius 1 is 0.469 bits per heavy atom. The lowest BCUT2D eigenvalue weighted by Crippen LogP contribution is -2.11. The van der Waals surface area contributed by atoms with E-state index in [2.05, 4.69) is 22.5 Å². The van der Waals surface area contributed by atoms with E-state index in [-0.39, 0.29) is 11.8 Å². The lowest BCUT2D eigenvalue weighted by atomic mass is 10.1. The molecule has 0 atom stereocenters. The van der Waals surface area contributed by atoms with Gasteiger partial charge in [0.1, 0.15) is 0 Å². The molecule has 32 heavy (non-hydrogen) atoms. The van der Waals surface area contributed by atoms with Gasteiger partial charge in [-0.25, -0.2) is 0 Å². The van der Waals surface area contributed by atoms with Crippen molar-refractivity contribution in [1.82, 2.24) is 0 Å². The van der Waals surface area contributed by atoms with E-state index in [0.717, 1.165) is 11.1 Å². The molecule has 2 N–H and O–H groups in total. The molecule has 4 aromatic rings. The first kappa shape index (κ1) is 20.6. The molecule has 0 spiro atoms. The molecular formula is C28H20N2O2. The SMILES string of the molecule is O=C(Nc1ccc(C#Cc2ccc(NC(=O)c3ccccc3)cc2)cc1)c1ccccc1. The second-order valence-electron chi connectivity index (χ2n) is 7.04. The third-order valence-corrected chi connectivity index (χ3v) is 4.71. The van der Waals surface area contributed by atoms with Gasteiger partial charge in [0, 0.05) is 33.6 Å². The minimum absolute atomic E-state index is 0.149. The van der Waals surface area contributed by atoms with E-state index in [1.165, 1.54) is 0 Å². The topological polar surface area (TPSA) is 58.2 Å². The molecule has 0 aliphatic carbocycles. The zero-order valence-corrected chi connectivity index (χ0v) is 17.2. The van der Waals surface area contributed by atoms with Crippen LogP contribution in [-0.2, 0) is 0 Å². The van der Waals surface area contributed by atoms with Crippen molar-refractivity contribution in [3.05, 3.63) is 131 Å². The summed E-state index contributed by atoms with van der Waals surface area (Å²) < 4.78 is 0. The van der Waals surface area contributed by atoms with Crippen molar-refractivity contribution in [3.8, 4) is 11.8 Å². The van der Waals surface area contributed by atoms with E-state index in [4.69, 9.17) is 0 Å². The number of benzene rings is 4. The highest BCUT2D eigenvalue weighted by atomic mass is 16.2. The lowest BCUT2D eigenvalue weighted by Gasteiger charge is -2.05. The van der Waals surface area contributed by atoms with Crippen molar-refractivity contribution >= 4 is 23.2 Å². The average molecular weight is 416 g/mol. The zero-order valence-electron chi connectivity index (χ0n) is 17.2. The average Bonchev–Trinajstić information content (AvgIpc) is 2.85. The highest BCUT2D eigenvalue weighted by Gasteiger charge is 2.05. The first-order chi connectivity index (χ1) is 15.7. The van der Waals surface area contributed by atoms with Crippen molar-refractivity contribution in [2.24, 2.45) is 0 Å². The summed E-state index contributed by atoms with van der Waals surface area (Å²) in [6, 6.07) is 32.9. The molecule has 0 fully saturated rings. The van der Waals surface area contributed by atoms with E-state index >= 15 is 0 Å². The molecule has 4 heteroatoms. The summed E-state index contributed by atoms with van der Waals surface area (Å²) in [7, 11) is 0. The van der Waals surface area contributed by atoms with Gasteiger partial charge in [-0.15, -0.1) is 0 Å². The summed E-state index contributed by atoms with van der Waals surface area (Å²) in [6.45, 7) is 0. The van der Waals surface area contributed by atoms with Gasteiger partial charge in [0.15, 0.2) is 0 Å². The van der Waals surface area contributed by atoms with E-state index in [1.807, 2.05) is 84.9 Å². The molecule has 0 saturated carbocycles. The van der Waals surface area contributed by atoms with Crippen LogP contribution in [0.25, 0.3) is 0 Å². The highest BCUT2D eigenvalue weighted by molar-refractivity contribution is 6.04. The van der Waals surface area contributed by atoms with E-state index < -0.39 is 0 Å². The van der Waals surface area contributed by atoms with Gasteiger partial charge in [0.2, 0.25) is 0 Å². The number of hydrogen-bond acceptors (Lipinski definition) is 2. The minimum atomic E-state index is -0.149. The largest absolute Gasteiger partial charge is 0.322 e. The van der Waals surface area contributed by atoms with Gasteiger partial charge in [-0.3, -0.25) is 9.59 Å². The molecular weight excluding hydrogens is 396 g/mol. The molecule has 0 aromatic heterocycles. The van der Waals surface area contributed by atoms with Crippen LogP contribution in [0.4, 0.5) is 11.4 Å². The fourth-order valence-corrected chi connectivity index (χ4v) is 3.00. The number of anilines is 2. The molecule has 0 radical (unpaired) electrons. The van der Waals surface area contributed by atoms with Gasteiger partial charge >= 0.3 is 0 Å². The maximum atomic E-state index is 12.2. The van der Waals surface area contributed by atoms with Crippen LogP contribution in [-0.4, -0.2) is 11.8 Å². The van der Waals surface area contributed by atoms with Crippen LogP contribution in [0.2, 0.25) is 0 Å². The van der Waals surface area contributed by atoms with Crippen LogP contribution in [0.15, 0.2) is 109 Å². The van der Waals surface area contributed by atoms with Crippen molar-refractivity contribution in [3.63, 3.8) is 0 Å². The number of hydrogen-bond donors (Lipinski definition) is 2. The molecule has 0 aliphatic heterocycles. The molecule has 0 bridgehead atoms. The first-order valence-electron chi connectivity index (χ1n) is 10.1. The van der Waals surface area contributed by atoms with E-state index in [0.29, 0.717) is 22.5 Å². The van der Waals surface area contributed by atoms with Crippen molar-refractivity contribution in [2.45, 2.75) is 0 Å². The minimum Gasteiger partial charge on any atom is -0.322 e. The maximum absolute atomic E-state index is 12.2. The summed E-state index contributed by atoms with van der Waals surface area (Å²) >= 11 is 0. The third kappa shape index (κ3) is 5.50. The number of rotatable bonds is 4. The Hall–Kier alpha value is -4.62. The number of amides is 2. The molecule has 2 amide bonds. The Morgan fingerprint density at radius 2 is 0.812 bits per heavy atom. The van der Waals surface area contributed by atoms with Gasteiger partial charge in [-0.1, -0.05) is 48.2 Å². The van der Waals surface area contributed by atoms with E-state index in [9.17, 15) is 9.59 Å². The smallest absolute Gasteiger partial charge is 0.255 e. The summed E-state index contributed by atoms with van der Waals surface area (Å²) in [5, 5.41) is 5.74. The Labute approximate surface area is 186 Å². The van der Waals surface area contributed by atoms with Crippen LogP contribution in [0.3, 0.4) is 0 Å². The first-order valence-corrected chi connectivity index (χ1v) is 10.1. The van der Waals surface area contributed by atoms with E-state index in [1.54, 1.807) is 24.3 Å². The van der Waals surface area contributed by atoms with Gasteiger partial charge in [0.05, 0.1) is 0 Å². The van der Waals surface area contributed by atoms with Crippen molar-refractivity contribution in [2.75, 3.05) is 10.6 Å². The van der Waals surface area contributed by atoms with Crippen molar-refractivity contribution < 1.29 is 9.59 Å². The van der Waals surface area contributed by atoms with Crippen molar-refractivity contribution in [1.29, 1.82) is 0 Å². The van der Waals surface area contributed by atoms with Crippen LogP contribution in [0, 0.1) is 11.8 Å². The van der Waals surface area contributed by atoms with Crippen LogP contribution in [0.1, 0.15) is 31.8 Å². The fourth-order valence-electron chi connectivity index (χ4n) is 3.00. The summed E-state index contributed by atoms with van der Waals surface area (Å²) in [5.74, 6) is 5.92. The third-order valence-electron chi connectivity index (χ3n) is 4.71. The molecule has 154 valence electrons. The fraction of sp³-hybridized carbons (Fsp3) is 0. The standard InChI is InChI=1S/C28H20N2O2/c31-27(23-7-3-1-4-8-23)29-25-17-13-21(14-18-25)11-12-22-15-19-26(20-16-22)30-28(32)24-9-5-2-6-10-24/h1-10,13-20H,(H,29,31)(H,30,32). The quantitative estimate of drug-likeness (QED) is 0.426. The second kappa shape index (κ2) is 9.92. The molecule has 4 nitrogen and oxygen atoms in total. The number of carbonyl (C=O) groups is 2. The molecule has 0 heterocycles. The highest BCUT2D eigenvalue weighted by Crippen LogP contribution is 2.13. The summed E-state index contributed by atoms with van der Waals surface area (Å²) in [6.07, 6.45) is 0. The molecule has 0 aliphatic rings. The lowest BCUT2D eigenvalue weighted by molar-refractivity contribution is 0.101. The monoisotopic (exact) mass is 416 g/mol. The molecule has 0 unspecified atom stereocenters. The van der Waals surface area contributed by atoms with Gasteiger partial charge in [0.25, 0.3) is 11.8 Å². The molecule has 4 rings (SSSR count). The predicted octanol–water partition coefficient (Wildman–Crippen LogP) is 5.59. The van der Waals surface area contributed by atoms with Gasteiger partial charge in [-0.2, -0.15) is 0 Å². The molecule has 4 aromatic carbocycles. The Balaban J connectivity index is 1.36.